The predicted molar refractivity (Wildman–Crippen MR) is 66.9 cm³/mol. The number of carbonyl (C=O) groups is 1. The topological polar surface area (TPSA) is 70.2 Å². The maximum Gasteiger partial charge on any atom is 0.223 e. The average molecular weight is 235 g/mol. The molecule has 0 fully saturated rings. The van der Waals surface area contributed by atoms with Gasteiger partial charge in [-0.15, -0.1) is 0 Å². The highest BCUT2D eigenvalue weighted by Gasteiger charge is 1.98. The van der Waals surface area contributed by atoms with Gasteiger partial charge in [-0.05, 0) is 18.6 Å². The molecule has 0 saturated heterocycles. The summed E-state index contributed by atoms with van der Waals surface area (Å²) in [4.78, 5) is 25.2. The van der Waals surface area contributed by atoms with Crippen molar-refractivity contribution in [2.75, 3.05) is 0 Å². The molecule has 1 aromatic heterocycles. The van der Waals surface area contributed by atoms with Crippen molar-refractivity contribution in [1.29, 1.82) is 0 Å². The largest absolute Gasteiger partial charge is 0.503 e. The summed E-state index contributed by atoms with van der Waals surface area (Å²) in [6, 6.07) is 1.26. The first-order valence-electron chi connectivity index (χ1n) is 5.76. The number of rotatable bonds is 6. The molecular formula is C13H17NO3. The molecule has 92 valence electrons. The molecule has 0 bridgehead atoms. The Morgan fingerprint density at radius 1 is 1.47 bits per heavy atom. The molecule has 0 aliphatic rings. The molecule has 1 rings (SSSR count). The molecule has 17 heavy (non-hydrogen) atoms. The van der Waals surface area contributed by atoms with Gasteiger partial charge in [0.15, 0.2) is 11.5 Å². The lowest BCUT2D eigenvalue weighted by molar-refractivity contribution is -0.114. The molecule has 4 heteroatoms. The van der Waals surface area contributed by atoms with Gasteiger partial charge in [-0.1, -0.05) is 19.8 Å². The van der Waals surface area contributed by atoms with Crippen LogP contribution < -0.4 is 5.43 Å². The summed E-state index contributed by atoms with van der Waals surface area (Å²) in [5.74, 6) is -0.274. The van der Waals surface area contributed by atoms with Gasteiger partial charge < -0.3 is 10.1 Å². The summed E-state index contributed by atoms with van der Waals surface area (Å²) in [5.41, 5.74) is 0.0541. The number of hydrogen-bond acceptors (Lipinski definition) is 3. The summed E-state index contributed by atoms with van der Waals surface area (Å²) in [6.45, 7) is 2.08. The number of allylic oxidation sites excluding steroid dienone is 1. The quantitative estimate of drug-likeness (QED) is 0.586. The SMILES string of the molecule is CCCCCC(=O)C=Cc1cc(=O)c(O)c[nH]1. The Kier molecular flexibility index (Phi) is 5.20. The molecular weight excluding hydrogens is 218 g/mol. The number of aromatic nitrogens is 1. The van der Waals surface area contributed by atoms with Gasteiger partial charge in [0.2, 0.25) is 5.43 Å². The Balaban J connectivity index is 2.55. The molecule has 1 aromatic rings. The van der Waals surface area contributed by atoms with Crippen LogP contribution in [0.5, 0.6) is 5.75 Å². The fourth-order valence-corrected chi connectivity index (χ4v) is 1.39. The second kappa shape index (κ2) is 6.68. The molecule has 0 unspecified atom stereocenters. The Morgan fingerprint density at radius 2 is 2.24 bits per heavy atom. The van der Waals surface area contributed by atoms with Gasteiger partial charge in [-0.2, -0.15) is 0 Å². The second-order valence-electron chi connectivity index (χ2n) is 3.89. The fraction of sp³-hybridized carbons (Fsp3) is 0.385. The third kappa shape index (κ3) is 4.68. The molecule has 0 amide bonds. The zero-order valence-corrected chi connectivity index (χ0v) is 9.90. The minimum atomic E-state index is -0.457. The van der Waals surface area contributed by atoms with Gasteiger partial charge in [0, 0.05) is 24.4 Å². The van der Waals surface area contributed by atoms with Crippen LogP contribution in [0.25, 0.3) is 6.08 Å². The van der Waals surface area contributed by atoms with Crippen LogP contribution >= 0.6 is 0 Å². The summed E-state index contributed by atoms with van der Waals surface area (Å²) >= 11 is 0. The molecule has 0 saturated carbocycles. The number of nitrogens with one attached hydrogen (secondary N) is 1. The van der Waals surface area contributed by atoms with Crippen LogP contribution in [0.4, 0.5) is 0 Å². The van der Waals surface area contributed by atoms with E-state index in [1.54, 1.807) is 6.08 Å². The van der Waals surface area contributed by atoms with E-state index in [-0.39, 0.29) is 11.5 Å². The summed E-state index contributed by atoms with van der Waals surface area (Å²) in [6.07, 6.45) is 7.78. The highest BCUT2D eigenvalue weighted by Crippen LogP contribution is 2.03. The number of ketones is 1. The van der Waals surface area contributed by atoms with E-state index in [9.17, 15) is 9.59 Å². The first-order chi connectivity index (χ1) is 8.13. The van der Waals surface area contributed by atoms with Crippen molar-refractivity contribution in [1.82, 2.24) is 4.98 Å². The number of aromatic hydroxyl groups is 1. The van der Waals surface area contributed by atoms with E-state index in [0.29, 0.717) is 12.1 Å². The standard InChI is InChI=1S/C13H17NO3/c1-2-3-4-5-11(15)7-6-10-8-12(16)13(17)9-14-10/h6-9,17H,2-5H2,1H3,(H,14,16). The van der Waals surface area contributed by atoms with Gasteiger partial charge in [0.05, 0.1) is 0 Å². The maximum atomic E-state index is 11.4. The lowest BCUT2D eigenvalue weighted by atomic mass is 10.1. The monoisotopic (exact) mass is 235 g/mol. The van der Waals surface area contributed by atoms with Gasteiger partial charge in [0.1, 0.15) is 0 Å². The van der Waals surface area contributed by atoms with E-state index in [4.69, 9.17) is 5.11 Å². The van der Waals surface area contributed by atoms with Crippen LogP contribution in [-0.2, 0) is 4.79 Å². The van der Waals surface area contributed by atoms with Crippen LogP contribution in [0, 0.1) is 0 Å². The van der Waals surface area contributed by atoms with E-state index in [0.717, 1.165) is 19.3 Å². The Labute approximate surface area is 100.0 Å². The number of unbranched alkanes of at least 4 members (excludes halogenated alkanes) is 2. The van der Waals surface area contributed by atoms with Crippen molar-refractivity contribution >= 4 is 11.9 Å². The van der Waals surface area contributed by atoms with Crippen LogP contribution in [0.2, 0.25) is 0 Å². The predicted octanol–water partition coefficient (Wildman–Crippen LogP) is 2.24. The van der Waals surface area contributed by atoms with Gasteiger partial charge in [-0.3, -0.25) is 9.59 Å². The van der Waals surface area contributed by atoms with Gasteiger partial charge >= 0.3 is 0 Å². The number of pyridine rings is 1. The van der Waals surface area contributed by atoms with Crippen molar-refractivity contribution in [3.05, 3.63) is 34.3 Å². The fourth-order valence-electron chi connectivity index (χ4n) is 1.39. The van der Waals surface area contributed by atoms with Crippen molar-refractivity contribution in [2.45, 2.75) is 32.6 Å². The Morgan fingerprint density at radius 3 is 2.88 bits per heavy atom. The van der Waals surface area contributed by atoms with Crippen LogP contribution in [-0.4, -0.2) is 15.9 Å². The lowest BCUT2D eigenvalue weighted by Crippen LogP contribution is -2.00. The molecule has 1 heterocycles. The summed E-state index contributed by atoms with van der Waals surface area (Å²) in [7, 11) is 0. The van der Waals surface area contributed by atoms with Crippen LogP contribution in [0.3, 0.4) is 0 Å². The van der Waals surface area contributed by atoms with Gasteiger partial charge in [0.25, 0.3) is 0 Å². The normalized spacial score (nSPS) is 10.9. The second-order valence-corrected chi connectivity index (χ2v) is 3.89. The number of hydrogen-bond donors (Lipinski definition) is 2. The first kappa shape index (κ1) is 13.2. The summed E-state index contributed by atoms with van der Waals surface area (Å²) < 4.78 is 0. The van der Waals surface area contributed by atoms with E-state index in [1.807, 2.05) is 0 Å². The smallest absolute Gasteiger partial charge is 0.223 e. The van der Waals surface area contributed by atoms with Crippen molar-refractivity contribution in [3.8, 4) is 5.75 Å². The van der Waals surface area contributed by atoms with Crippen molar-refractivity contribution in [2.24, 2.45) is 0 Å². The first-order valence-corrected chi connectivity index (χ1v) is 5.76. The number of aromatic amines is 1. The third-order valence-corrected chi connectivity index (χ3v) is 2.39. The minimum absolute atomic E-state index is 0.0485. The van der Waals surface area contributed by atoms with Crippen LogP contribution in [0.1, 0.15) is 38.3 Å². The Bertz CT molecular complexity index is 460. The average Bonchev–Trinajstić information content (AvgIpc) is 2.31. The van der Waals surface area contributed by atoms with Crippen molar-refractivity contribution < 1.29 is 9.90 Å². The van der Waals surface area contributed by atoms with E-state index in [2.05, 4.69) is 11.9 Å². The number of carbonyl (C=O) groups excluding carboxylic acids is 1. The van der Waals surface area contributed by atoms with E-state index >= 15 is 0 Å². The van der Waals surface area contributed by atoms with Crippen LogP contribution in [0.15, 0.2) is 23.1 Å². The highest BCUT2D eigenvalue weighted by molar-refractivity contribution is 5.93. The summed E-state index contributed by atoms with van der Waals surface area (Å²) in [5, 5.41) is 9.03. The molecule has 0 spiro atoms. The van der Waals surface area contributed by atoms with E-state index < -0.39 is 5.43 Å². The van der Waals surface area contributed by atoms with Crippen molar-refractivity contribution in [3.63, 3.8) is 0 Å². The number of H-pyrrole nitrogens is 1. The molecule has 0 atom stereocenters. The van der Waals surface area contributed by atoms with E-state index in [1.165, 1.54) is 18.3 Å². The molecule has 0 radical (unpaired) electrons. The third-order valence-electron chi connectivity index (χ3n) is 2.39. The van der Waals surface area contributed by atoms with Gasteiger partial charge in [-0.25, -0.2) is 0 Å². The zero-order chi connectivity index (χ0) is 12.7. The molecule has 0 aliphatic carbocycles. The highest BCUT2D eigenvalue weighted by atomic mass is 16.3. The maximum absolute atomic E-state index is 11.4. The zero-order valence-electron chi connectivity index (χ0n) is 9.90. The minimum Gasteiger partial charge on any atom is -0.503 e. The molecule has 0 aliphatic heterocycles. The molecule has 0 aromatic carbocycles. The lowest BCUT2D eigenvalue weighted by Gasteiger charge is -1.96. The molecule has 2 N–H and O–H groups in total. The Hall–Kier alpha value is -1.84. The molecule has 4 nitrogen and oxygen atoms in total.